The summed E-state index contributed by atoms with van der Waals surface area (Å²) in [5.41, 5.74) is 2.24. The summed E-state index contributed by atoms with van der Waals surface area (Å²) in [6.07, 6.45) is 3.09. The van der Waals surface area contributed by atoms with Crippen molar-refractivity contribution in [2.75, 3.05) is 0 Å². The van der Waals surface area contributed by atoms with Gasteiger partial charge in [0.1, 0.15) is 0 Å². The highest BCUT2D eigenvalue weighted by atomic mass is 79.9. The molecule has 4 rings (SSSR count). The third kappa shape index (κ3) is 2.08. The monoisotopic (exact) mass is 414 g/mol. The van der Waals surface area contributed by atoms with Crippen LogP contribution in [0.5, 0.6) is 0 Å². The van der Waals surface area contributed by atoms with Gasteiger partial charge in [-0.25, -0.2) is 0 Å². The summed E-state index contributed by atoms with van der Waals surface area (Å²) in [6, 6.07) is 10.6. The first-order valence-electron chi connectivity index (χ1n) is 6.81. The third-order valence-electron chi connectivity index (χ3n) is 4.00. The predicted octanol–water partition coefficient (Wildman–Crippen LogP) is 5.12. The van der Waals surface area contributed by atoms with Gasteiger partial charge in [-0.2, -0.15) is 0 Å². The molecule has 0 fully saturated rings. The zero-order chi connectivity index (χ0) is 16.4. The highest BCUT2D eigenvalue weighted by Gasteiger charge is 2.54. The van der Waals surface area contributed by atoms with Crippen molar-refractivity contribution in [2.24, 2.45) is 0 Å². The first kappa shape index (κ1) is 15.2. The SMILES string of the molecule is F[B-]1(F)n2c(Cl)ccc2C(c2ccc(Br)cc2)=C2C=CC(Cl)=[N+]21. The second-order valence-electron chi connectivity index (χ2n) is 5.29. The van der Waals surface area contributed by atoms with Crippen molar-refractivity contribution in [1.29, 1.82) is 0 Å². The Morgan fingerprint density at radius 2 is 1.70 bits per heavy atom. The normalized spacial score (nSPS) is 18.5. The van der Waals surface area contributed by atoms with Gasteiger partial charge in [0, 0.05) is 22.3 Å². The molecule has 0 radical (unpaired) electrons. The molecule has 0 spiro atoms. The van der Waals surface area contributed by atoms with Crippen LogP contribution in [-0.2, 0) is 0 Å². The van der Waals surface area contributed by atoms with E-state index in [1.165, 1.54) is 12.1 Å². The minimum atomic E-state index is -4.13. The van der Waals surface area contributed by atoms with E-state index in [-0.39, 0.29) is 10.3 Å². The van der Waals surface area contributed by atoms with Gasteiger partial charge in [-0.05, 0) is 41.4 Å². The number of nitrogens with zero attached hydrogens (tertiary/aromatic N) is 2. The molecule has 1 aromatic carbocycles. The number of hydrogen-bond acceptors (Lipinski definition) is 0. The number of halogens is 5. The summed E-state index contributed by atoms with van der Waals surface area (Å²) in [5, 5.41) is -0.0370. The van der Waals surface area contributed by atoms with E-state index in [4.69, 9.17) is 23.2 Å². The van der Waals surface area contributed by atoms with Crippen molar-refractivity contribution < 1.29 is 13.1 Å². The average molecular weight is 416 g/mol. The molecule has 0 unspecified atom stereocenters. The minimum absolute atomic E-state index is 0.0185. The lowest BCUT2D eigenvalue weighted by Crippen LogP contribution is -2.50. The number of benzene rings is 1. The van der Waals surface area contributed by atoms with Crippen molar-refractivity contribution >= 4 is 56.8 Å². The van der Waals surface area contributed by atoms with E-state index in [1.54, 1.807) is 12.1 Å². The maximum atomic E-state index is 14.9. The lowest BCUT2D eigenvalue weighted by Gasteiger charge is -2.31. The van der Waals surface area contributed by atoms with Gasteiger partial charge in [0.15, 0.2) is 5.70 Å². The highest BCUT2D eigenvalue weighted by molar-refractivity contribution is 9.10. The van der Waals surface area contributed by atoms with Crippen LogP contribution in [0.3, 0.4) is 0 Å². The van der Waals surface area contributed by atoms with Crippen molar-refractivity contribution in [1.82, 2.24) is 4.48 Å². The fourth-order valence-corrected chi connectivity index (χ4v) is 3.85. The smallest absolute Gasteiger partial charge is 0.389 e. The zero-order valence-electron chi connectivity index (χ0n) is 11.5. The average Bonchev–Trinajstić information content (AvgIpc) is 3.06. The van der Waals surface area contributed by atoms with Gasteiger partial charge in [0.2, 0.25) is 5.17 Å². The molecule has 1 aromatic heterocycles. The topological polar surface area (TPSA) is 7.94 Å². The van der Waals surface area contributed by atoms with Crippen molar-refractivity contribution in [3.8, 4) is 0 Å². The molecule has 8 heteroatoms. The molecule has 23 heavy (non-hydrogen) atoms. The van der Waals surface area contributed by atoms with Crippen LogP contribution in [0.15, 0.2) is 58.7 Å². The number of allylic oxidation sites excluding steroid dienone is 2. The van der Waals surface area contributed by atoms with E-state index in [9.17, 15) is 8.63 Å². The lowest BCUT2D eigenvalue weighted by molar-refractivity contribution is -0.358. The zero-order valence-corrected chi connectivity index (χ0v) is 14.6. The maximum absolute atomic E-state index is 14.9. The molecular formula is C15H8BBrCl2F2N2. The van der Waals surface area contributed by atoms with Crippen LogP contribution in [0.2, 0.25) is 5.15 Å². The van der Waals surface area contributed by atoms with Crippen LogP contribution in [0.4, 0.5) is 8.63 Å². The van der Waals surface area contributed by atoms with Gasteiger partial charge in [-0.3, -0.25) is 0 Å². The Hall–Kier alpha value is -1.37. The molecule has 0 saturated carbocycles. The summed E-state index contributed by atoms with van der Waals surface area (Å²) in [7, 11) is 0. The molecule has 2 aliphatic rings. The van der Waals surface area contributed by atoms with Crippen molar-refractivity contribution in [3.63, 3.8) is 0 Å². The number of fused-ring (bicyclic) bond motifs is 2. The lowest BCUT2D eigenvalue weighted by atomic mass is 9.86. The van der Waals surface area contributed by atoms with E-state index in [1.807, 2.05) is 24.3 Å². The fraction of sp³-hybridized carbons (Fsp3) is 0. The molecule has 0 saturated heterocycles. The molecule has 3 heterocycles. The predicted molar refractivity (Wildman–Crippen MR) is 93.2 cm³/mol. The molecule has 0 atom stereocenters. The summed E-state index contributed by atoms with van der Waals surface area (Å²) in [5.74, 6) is 0. The van der Waals surface area contributed by atoms with Crippen LogP contribution in [0, 0.1) is 0 Å². The van der Waals surface area contributed by atoms with E-state index in [0.717, 1.165) is 19.0 Å². The van der Waals surface area contributed by atoms with E-state index in [2.05, 4.69) is 15.9 Å². The molecule has 0 N–H and O–H groups in total. The molecule has 2 aliphatic heterocycles. The van der Waals surface area contributed by atoms with Crippen molar-refractivity contribution in [3.05, 3.63) is 75.1 Å². The van der Waals surface area contributed by atoms with Gasteiger partial charge >= 0.3 is 6.97 Å². The molecule has 0 bridgehead atoms. The van der Waals surface area contributed by atoms with E-state index in [0.29, 0.717) is 17.0 Å². The Balaban J connectivity index is 2.09. The number of rotatable bonds is 1. The van der Waals surface area contributed by atoms with Gasteiger partial charge < -0.3 is 17.6 Å². The second kappa shape index (κ2) is 5.06. The van der Waals surface area contributed by atoms with Gasteiger partial charge in [0.05, 0.1) is 10.7 Å². The highest BCUT2D eigenvalue weighted by Crippen LogP contribution is 2.41. The largest absolute Gasteiger partial charge is 0.739 e. The van der Waals surface area contributed by atoms with Gasteiger partial charge in [-0.1, -0.05) is 39.7 Å². The number of hydrogen-bond donors (Lipinski definition) is 0. The van der Waals surface area contributed by atoms with Crippen LogP contribution in [0.1, 0.15) is 11.3 Å². The Morgan fingerprint density at radius 3 is 2.39 bits per heavy atom. The first-order valence-corrected chi connectivity index (χ1v) is 8.36. The molecule has 0 amide bonds. The number of aromatic nitrogens is 1. The Labute approximate surface area is 149 Å². The van der Waals surface area contributed by atoms with Gasteiger partial charge in [0.25, 0.3) is 0 Å². The first-order chi connectivity index (χ1) is 10.9. The Kier molecular flexibility index (Phi) is 3.34. The van der Waals surface area contributed by atoms with Crippen LogP contribution >= 0.6 is 39.1 Å². The molecular weight excluding hydrogens is 408 g/mol. The standard InChI is InChI=1S/C15H8BBrCl2F2N2/c17-10-3-1-9(2-4-10)15-11-5-7-13(18)22(11)16(20,21)23-12(15)6-8-14(23)19/h1-8H. The summed E-state index contributed by atoms with van der Waals surface area (Å²) in [4.78, 5) is 0. The van der Waals surface area contributed by atoms with Crippen LogP contribution in [-0.4, -0.2) is 21.1 Å². The summed E-state index contributed by atoms with van der Waals surface area (Å²) < 4.78 is 32.5. The van der Waals surface area contributed by atoms with E-state index >= 15 is 0 Å². The molecule has 2 nitrogen and oxygen atoms in total. The second-order valence-corrected chi connectivity index (χ2v) is 6.98. The third-order valence-corrected chi connectivity index (χ3v) is 5.15. The van der Waals surface area contributed by atoms with E-state index < -0.39 is 6.97 Å². The molecule has 2 aromatic rings. The Bertz CT molecular complexity index is 929. The molecule has 116 valence electrons. The minimum Gasteiger partial charge on any atom is -0.389 e. The van der Waals surface area contributed by atoms with Crippen LogP contribution < -0.4 is 0 Å². The van der Waals surface area contributed by atoms with Crippen molar-refractivity contribution in [2.45, 2.75) is 0 Å². The Morgan fingerprint density at radius 1 is 1.00 bits per heavy atom. The maximum Gasteiger partial charge on any atom is 0.739 e. The fourth-order valence-electron chi connectivity index (χ4n) is 3.04. The molecule has 0 aliphatic carbocycles. The van der Waals surface area contributed by atoms with Gasteiger partial charge in [-0.15, -0.1) is 0 Å². The summed E-state index contributed by atoms with van der Waals surface area (Å²) >= 11 is 15.4. The van der Waals surface area contributed by atoms with Crippen LogP contribution in [0.25, 0.3) is 5.57 Å². The summed E-state index contributed by atoms with van der Waals surface area (Å²) in [6.45, 7) is -4.13. The quantitative estimate of drug-likeness (QED) is 0.571.